The largest absolute Gasteiger partial charge is 0.391 e. The lowest BCUT2D eigenvalue weighted by atomic mass is 10.1. The van der Waals surface area contributed by atoms with Crippen molar-refractivity contribution < 1.29 is 28.7 Å². The second kappa shape index (κ2) is 10.2. The van der Waals surface area contributed by atoms with Crippen LogP contribution in [0.15, 0.2) is 42.5 Å². The summed E-state index contributed by atoms with van der Waals surface area (Å²) in [4.78, 5) is 23.6. The van der Waals surface area contributed by atoms with Gasteiger partial charge in [0.15, 0.2) is 0 Å². The number of rotatable bonds is 4. The van der Waals surface area contributed by atoms with Crippen LogP contribution < -0.4 is 10.8 Å². The number of hydrogen-bond acceptors (Lipinski definition) is 4. The Bertz CT molecular complexity index is 903. The van der Waals surface area contributed by atoms with Crippen LogP contribution in [0, 0.1) is 23.5 Å². The summed E-state index contributed by atoms with van der Waals surface area (Å²) in [5.74, 6) is 2.19. The van der Waals surface area contributed by atoms with Crippen molar-refractivity contribution >= 4 is 11.8 Å². The molecular formula is C20H20F2N2O4. The van der Waals surface area contributed by atoms with Crippen molar-refractivity contribution in [2.75, 3.05) is 0 Å². The molecule has 0 aliphatic rings. The van der Waals surface area contributed by atoms with Crippen molar-refractivity contribution in [1.29, 1.82) is 0 Å². The average molecular weight is 390 g/mol. The van der Waals surface area contributed by atoms with Gasteiger partial charge in [-0.25, -0.2) is 14.3 Å². The van der Waals surface area contributed by atoms with E-state index in [0.717, 1.165) is 12.1 Å². The number of nitrogens with one attached hydrogen (secondary N) is 2. The zero-order valence-corrected chi connectivity index (χ0v) is 14.2. The van der Waals surface area contributed by atoms with Crippen LogP contribution in [0.4, 0.5) is 8.78 Å². The standard InChI is InChI=1S/C19H16F2N2O4.CH4/c1-11(24)17(19(26)23-27)22-18(25)14-6-3-12(4-7-14)2-5-13-8-9-15(20)10-16(13)21;/h3-4,6-11,17,24,27H,1H3,(H,22,25)(H,23,26);1H4/t11-,17-;/m0./s1. The highest BCUT2D eigenvalue weighted by atomic mass is 19.1. The fourth-order valence-corrected chi connectivity index (χ4v) is 2.13. The molecule has 8 heteroatoms. The van der Waals surface area contributed by atoms with Gasteiger partial charge in [0.2, 0.25) is 0 Å². The Morgan fingerprint density at radius 3 is 2.25 bits per heavy atom. The van der Waals surface area contributed by atoms with Crippen molar-refractivity contribution in [2.45, 2.75) is 26.5 Å². The molecule has 6 nitrogen and oxygen atoms in total. The lowest BCUT2D eigenvalue weighted by molar-refractivity contribution is -0.133. The summed E-state index contributed by atoms with van der Waals surface area (Å²) in [6.07, 6.45) is -1.23. The number of hydrogen-bond donors (Lipinski definition) is 4. The van der Waals surface area contributed by atoms with Crippen molar-refractivity contribution in [2.24, 2.45) is 0 Å². The van der Waals surface area contributed by atoms with E-state index in [1.54, 1.807) is 0 Å². The molecule has 2 aromatic rings. The third kappa shape index (κ3) is 5.87. The van der Waals surface area contributed by atoms with Gasteiger partial charge >= 0.3 is 0 Å². The highest BCUT2D eigenvalue weighted by Gasteiger charge is 2.25. The van der Waals surface area contributed by atoms with Crippen LogP contribution in [0.1, 0.15) is 35.8 Å². The van der Waals surface area contributed by atoms with E-state index in [9.17, 15) is 23.5 Å². The number of carbonyl (C=O) groups is 2. The SMILES string of the molecule is C.C[C@H](O)[C@H](NC(=O)c1ccc(C#Cc2ccc(F)cc2F)cc1)C(=O)NO. The van der Waals surface area contributed by atoms with Crippen LogP contribution >= 0.6 is 0 Å². The van der Waals surface area contributed by atoms with E-state index in [0.29, 0.717) is 5.56 Å². The second-order valence-corrected chi connectivity index (χ2v) is 5.62. The van der Waals surface area contributed by atoms with Crippen LogP contribution in [0.5, 0.6) is 0 Å². The number of amides is 2. The number of hydroxylamine groups is 1. The Kier molecular flexibility index (Phi) is 8.26. The van der Waals surface area contributed by atoms with Crippen molar-refractivity contribution in [3.63, 3.8) is 0 Å². The van der Waals surface area contributed by atoms with Gasteiger partial charge in [-0.1, -0.05) is 19.3 Å². The van der Waals surface area contributed by atoms with Crippen LogP contribution in [-0.4, -0.2) is 34.3 Å². The van der Waals surface area contributed by atoms with E-state index < -0.39 is 35.6 Å². The van der Waals surface area contributed by atoms with Crippen LogP contribution in [0.3, 0.4) is 0 Å². The molecule has 0 radical (unpaired) electrons. The van der Waals surface area contributed by atoms with Gasteiger partial charge in [-0.3, -0.25) is 14.8 Å². The fraction of sp³-hybridized carbons (Fsp3) is 0.200. The summed E-state index contributed by atoms with van der Waals surface area (Å²) in [5.41, 5.74) is 2.07. The molecule has 4 N–H and O–H groups in total. The molecule has 2 atom stereocenters. The first kappa shape index (κ1) is 22.8. The molecule has 0 saturated heterocycles. The van der Waals surface area contributed by atoms with E-state index in [4.69, 9.17) is 5.21 Å². The summed E-state index contributed by atoms with van der Waals surface area (Å²) in [7, 11) is 0. The van der Waals surface area contributed by atoms with Gasteiger partial charge in [0.05, 0.1) is 11.7 Å². The molecule has 0 unspecified atom stereocenters. The van der Waals surface area contributed by atoms with Crippen molar-refractivity contribution in [3.8, 4) is 11.8 Å². The summed E-state index contributed by atoms with van der Waals surface area (Å²) in [6.45, 7) is 1.29. The molecule has 0 fully saturated rings. The van der Waals surface area contributed by atoms with E-state index in [-0.39, 0.29) is 18.6 Å². The summed E-state index contributed by atoms with van der Waals surface area (Å²) < 4.78 is 26.4. The molecule has 2 rings (SSSR count). The number of benzene rings is 2. The first-order chi connectivity index (χ1) is 12.8. The Morgan fingerprint density at radius 2 is 1.71 bits per heavy atom. The minimum Gasteiger partial charge on any atom is -0.391 e. The molecule has 2 aromatic carbocycles. The first-order valence-electron chi connectivity index (χ1n) is 7.82. The monoisotopic (exact) mass is 390 g/mol. The molecular weight excluding hydrogens is 370 g/mol. The van der Waals surface area contributed by atoms with Crippen LogP contribution in [0.2, 0.25) is 0 Å². The fourth-order valence-electron chi connectivity index (χ4n) is 2.13. The normalized spacial score (nSPS) is 11.9. The first-order valence-corrected chi connectivity index (χ1v) is 7.82. The molecule has 0 aliphatic heterocycles. The van der Waals surface area contributed by atoms with Gasteiger partial charge < -0.3 is 10.4 Å². The molecule has 0 bridgehead atoms. The van der Waals surface area contributed by atoms with Crippen LogP contribution in [0.25, 0.3) is 0 Å². The number of halogens is 2. The van der Waals surface area contributed by atoms with Gasteiger partial charge in [-0.05, 0) is 43.3 Å². The van der Waals surface area contributed by atoms with Gasteiger partial charge in [0, 0.05) is 17.2 Å². The molecule has 28 heavy (non-hydrogen) atoms. The lowest BCUT2D eigenvalue weighted by Gasteiger charge is -2.19. The molecule has 0 spiro atoms. The summed E-state index contributed by atoms with van der Waals surface area (Å²) >= 11 is 0. The van der Waals surface area contributed by atoms with Gasteiger partial charge in [-0.2, -0.15) is 0 Å². The lowest BCUT2D eigenvalue weighted by Crippen LogP contribution is -2.51. The predicted molar refractivity (Wildman–Crippen MR) is 98.4 cm³/mol. The number of aliphatic hydroxyl groups is 1. The van der Waals surface area contributed by atoms with E-state index in [1.807, 2.05) is 0 Å². The Balaban J connectivity index is 0.00000392. The Hall–Kier alpha value is -3.28. The number of carbonyl (C=O) groups excluding carboxylic acids is 2. The summed E-state index contributed by atoms with van der Waals surface area (Å²) in [5, 5.41) is 20.4. The maximum Gasteiger partial charge on any atom is 0.268 e. The Labute approximate surface area is 161 Å². The van der Waals surface area contributed by atoms with Crippen molar-refractivity contribution in [1.82, 2.24) is 10.8 Å². The second-order valence-electron chi connectivity index (χ2n) is 5.62. The van der Waals surface area contributed by atoms with Gasteiger partial charge in [-0.15, -0.1) is 0 Å². The maximum absolute atomic E-state index is 13.5. The minimum absolute atomic E-state index is 0. The van der Waals surface area contributed by atoms with E-state index >= 15 is 0 Å². The third-order valence-electron chi connectivity index (χ3n) is 3.58. The summed E-state index contributed by atoms with van der Waals surface area (Å²) in [6, 6.07) is 7.59. The third-order valence-corrected chi connectivity index (χ3v) is 3.58. The van der Waals surface area contributed by atoms with Gasteiger partial charge in [0.25, 0.3) is 11.8 Å². The molecule has 0 saturated carbocycles. The molecule has 0 aromatic heterocycles. The zero-order valence-electron chi connectivity index (χ0n) is 14.2. The smallest absolute Gasteiger partial charge is 0.268 e. The molecule has 0 aliphatic carbocycles. The van der Waals surface area contributed by atoms with Crippen molar-refractivity contribution in [3.05, 3.63) is 70.8 Å². The Morgan fingerprint density at radius 1 is 1.07 bits per heavy atom. The zero-order chi connectivity index (χ0) is 20.0. The van der Waals surface area contributed by atoms with E-state index in [2.05, 4.69) is 17.2 Å². The topological polar surface area (TPSA) is 98.7 Å². The highest BCUT2D eigenvalue weighted by molar-refractivity contribution is 5.97. The number of aliphatic hydroxyl groups excluding tert-OH is 1. The maximum atomic E-state index is 13.5. The quantitative estimate of drug-likeness (QED) is 0.365. The predicted octanol–water partition coefficient (Wildman–Crippen LogP) is 1.99. The highest BCUT2D eigenvalue weighted by Crippen LogP contribution is 2.09. The molecule has 0 heterocycles. The average Bonchev–Trinajstić information content (AvgIpc) is 2.64. The van der Waals surface area contributed by atoms with Gasteiger partial charge in [0.1, 0.15) is 17.7 Å². The molecule has 2 amide bonds. The van der Waals surface area contributed by atoms with Crippen LogP contribution in [-0.2, 0) is 4.79 Å². The minimum atomic E-state index is -1.33. The van der Waals surface area contributed by atoms with E-state index in [1.165, 1.54) is 42.7 Å². The molecule has 148 valence electrons.